The number of hydrogen-bond acceptors (Lipinski definition) is 4. The van der Waals surface area contributed by atoms with Gasteiger partial charge in [0.15, 0.2) is 5.78 Å². The Labute approximate surface area is 295 Å². The molecule has 0 unspecified atom stereocenters. The van der Waals surface area contributed by atoms with Gasteiger partial charge in [-0.15, -0.1) is 40.5 Å². The van der Waals surface area contributed by atoms with Gasteiger partial charge in [-0.05, 0) is 68.9 Å². The number of carbonyl (C=O) groups is 1. The van der Waals surface area contributed by atoms with Crippen LogP contribution in [0.4, 0.5) is 0 Å². The van der Waals surface area contributed by atoms with Gasteiger partial charge in [-0.25, -0.2) is 0 Å². The van der Waals surface area contributed by atoms with E-state index < -0.39 is 0 Å². The number of aryl methyl sites for hydroxylation is 2. The molecule has 1 radical (unpaired) electrons. The maximum atomic E-state index is 12.0. The third-order valence-electron chi connectivity index (χ3n) is 10.2. The molecule has 2 saturated carbocycles. The smallest absolute Gasteiger partial charge is 0.162 e. The van der Waals surface area contributed by atoms with Crippen molar-refractivity contribution >= 4 is 59.0 Å². The average molecular weight is 817 g/mol. The molecule has 0 amide bonds. The van der Waals surface area contributed by atoms with Gasteiger partial charge in [0.2, 0.25) is 0 Å². The molecule has 5 heteroatoms. The number of pyridine rings is 1. The minimum Gasteiger partial charge on any atom is -0.512 e. The Balaban J connectivity index is 0.000000185. The standard InChI is InChI=1S/C27H18NS.C15H24O2.Ir/c1-16-14-22-23(15-17(16)2)28-26(20-12-7-9-18-8-3-4-10-19(18)20)27-25(22)21-11-5-6-13-24(21)29-27;16-14(12-7-3-1-4-8-12)11-15(17)13-9-5-2-6-10-13;/h3-11,13-15H,1-2H3;11-13,16H,1-10H2;/q-1;;/b;14-11-;. The summed E-state index contributed by atoms with van der Waals surface area (Å²) in [6.45, 7) is 4.34. The third-order valence-corrected chi connectivity index (χ3v) is 11.4. The number of nitrogens with zero attached hydrogens (tertiary/aromatic N) is 1. The monoisotopic (exact) mass is 817 g/mol. The molecule has 4 aromatic carbocycles. The maximum absolute atomic E-state index is 12.0. The van der Waals surface area contributed by atoms with Crippen molar-refractivity contribution in [3.05, 3.63) is 102 Å². The van der Waals surface area contributed by atoms with Crippen molar-refractivity contribution in [3.63, 3.8) is 0 Å². The summed E-state index contributed by atoms with van der Waals surface area (Å²) in [6, 6.07) is 29.4. The SMILES string of the molecule is Cc1cc2nc(-c3[c-]ccc4ccccc34)c3sc4ccccc4c3c2cc1C.O=C(/C=C(\O)C1CCCCC1)C1CCCCC1.[Ir]. The van der Waals surface area contributed by atoms with Crippen molar-refractivity contribution in [3.8, 4) is 11.3 Å². The summed E-state index contributed by atoms with van der Waals surface area (Å²) in [7, 11) is 0. The van der Waals surface area contributed by atoms with Crippen LogP contribution in [0.2, 0.25) is 0 Å². The second-order valence-corrected chi connectivity index (χ2v) is 14.3. The van der Waals surface area contributed by atoms with Crippen LogP contribution in [0.5, 0.6) is 0 Å². The van der Waals surface area contributed by atoms with E-state index in [1.807, 2.05) is 17.4 Å². The van der Waals surface area contributed by atoms with Gasteiger partial charge in [0.1, 0.15) is 0 Å². The van der Waals surface area contributed by atoms with Gasteiger partial charge < -0.3 is 5.11 Å². The fraction of sp³-hybridized carbons (Fsp3) is 0.333. The van der Waals surface area contributed by atoms with Gasteiger partial charge >= 0.3 is 0 Å². The summed E-state index contributed by atoms with van der Waals surface area (Å²) in [6.07, 6.45) is 13.0. The Kier molecular flexibility index (Phi) is 10.6. The van der Waals surface area contributed by atoms with Crippen LogP contribution >= 0.6 is 11.3 Å². The maximum Gasteiger partial charge on any atom is 0.162 e. The molecule has 2 aliphatic carbocycles. The largest absolute Gasteiger partial charge is 0.512 e. The topological polar surface area (TPSA) is 50.2 Å². The van der Waals surface area contributed by atoms with Crippen molar-refractivity contribution in [2.45, 2.75) is 78.1 Å². The van der Waals surface area contributed by atoms with Crippen LogP contribution in [-0.4, -0.2) is 15.9 Å². The second-order valence-electron chi connectivity index (χ2n) is 13.3. The molecule has 0 aliphatic heterocycles. The molecule has 8 rings (SSSR count). The number of allylic oxidation sites excluding steroid dienone is 2. The molecule has 0 spiro atoms. The molecular formula is C42H42IrNO2S-. The van der Waals surface area contributed by atoms with E-state index in [0.29, 0.717) is 5.76 Å². The first-order chi connectivity index (χ1) is 22.5. The number of rotatable bonds is 4. The van der Waals surface area contributed by atoms with Crippen molar-refractivity contribution in [1.82, 2.24) is 4.98 Å². The van der Waals surface area contributed by atoms with E-state index in [4.69, 9.17) is 4.98 Å². The Morgan fingerprint density at radius 2 is 1.45 bits per heavy atom. The van der Waals surface area contributed by atoms with Crippen molar-refractivity contribution < 1.29 is 30.0 Å². The van der Waals surface area contributed by atoms with Crippen molar-refractivity contribution in [1.29, 1.82) is 0 Å². The summed E-state index contributed by atoms with van der Waals surface area (Å²) in [5.74, 6) is 0.985. The Morgan fingerprint density at radius 3 is 2.19 bits per heavy atom. The number of benzene rings is 4. The molecule has 1 N–H and O–H groups in total. The summed E-state index contributed by atoms with van der Waals surface area (Å²) < 4.78 is 2.55. The van der Waals surface area contributed by atoms with Crippen molar-refractivity contribution in [2.75, 3.05) is 0 Å². The Hall–Kier alpha value is -3.37. The van der Waals surface area contributed by atoms with Crippen LogP contribution in [0.25, 0.3) is 53.1 Å². The molecule has 0 bridgehead atoms. The molecule has 2 heterocycles. The Bertz CT molecular complexity index is 2080. The molecule has 2 fully saturated rings. The number of aliphatic hydroxyl groups is 1. The molecule has 2 aliphatic rings. The molecule has 6 aromatic rings. The van der Waals surface area contributed by atoms with Gasteiger partial charge in [0.25, 0.3) is 0 Å². The zero-order valence-corrected chi connectivity index (χ0v) is 30.5. The first-order valence-corrected chi connectivity index (χ1v) is 17.9. The number of fused-ring (bicyclic) bond motifs is 6. The predicted octanol–water partition coefficient (Wildman–Crippen LogP) is 12.0. The summed E-state index contributed by atoms with van der Waals surface area (Å²) >= 11 is 1.83. The predicted molar refractivity (Wildman–Crippen MR) is 195 cm³/mol. The van der Waals surface area contributed by atoms with Gasteiger partial charge in [-0.2, -0.15) is 0 Å². The summed E-state index contributed by atoms with van der Waals surface area (Å²) in [5, 5.41) is 16.3. The summed E-state index contributed by atoms with van der Waals surface area (Å²) in [4.78, 5) is 17.2. The van der Waals surface area contributed by atoms with E-state index in [9.17, 15) is 9.90 Å². The molecular weight excluding hydrogens is 775 g/mol. The quantitative estimate of drug-likeness (QED) is 0.110. The number of aromatic nitrogens is 1. The van der Waals surface area contributed by atoms with E-state index >= 15 is 0 Å². The van der Waals surface area contributed by atoms with Gasteiger partial charge in [-0.1, -0.05) is 86.4 Å². The molecule has 243 valence electrons. The van der Waals surface area contributed by atoms with E-state index in [2.05, 4.69) is 86.6 Å². The first kappa shape index (κ1) is 33.5. The molecule has 0 saturated heterocycles. The number of thiophene rings is 1. The second kappa shape index (κ2) is 14.8. The zero-order chi connectivity index (χ0) is 31.6. The summed E-state index contributed by atoms with van der Waals surface area (Å²) in [5.41, 5.74) is 5.76. The van der Waals surface area contributed by atoms with Gasteiger partial charge in [-0.3, -0.25) is 9.78 Å². The van der Waals surface area contributed by atoms with E-state index in [1.54, 1.807) is 6.08 Å². The molecule has 2 aromatic heterocycles. The number of ketones is 1. The minimum atomic E-state index is 0. The fourth-order valence-corrected chi connectivity index (χ4v) is 8.65. The van der Waals surface area contributed by atoms with Gasteiger partial charge in [0, 0.05) is 69.3 Å². The van der Waals surface area contributed by atoms with Crippen LogP contribution in [-0.2, 0) is 24.9 Å². The Morgan fingerprint density at radius 1 is 0.809 bits per heavy atom. The number of aliphatic hydroxyl groups excluding tert-OH is 1. The fourth-order valence-electron chi connectivity index (χ4n) is 7.44. The van der Waals surface area contributed by atoms with Crippen LogP contribution < -0.4 is 0 Å². The number of hydrogen-bond donors (Lipinski definition) is 1. The van der Waals surface area contributed by atoms with Crippen LogP contribution in [0.1, 0.15) is 75.3 Å². The van der Waals surface area contributed by atoms with Crippen LogP contribution in [0.15, 0.2) is 84.6 Å². The average Bonchev–Trinajstić information content (AvgIpc) is 3.49. The third kappa shape index (κ3) is 6.95. The van der Waals surface area contributed by atoms with E-state index in [0.717, 1.165) is 42.5 Å². The van der Waals surface area contributed by atoms with E-state index in [-0.39, 0.29) is 37.7 Å². The molecule has 0 atom stereocenters. The first-order valence-electron chi connectivity index (χ1n) is 17.0. The zero-order valence-electron chi connectivity index (χ0n) is 27.3. The van der Waals surface area contributed by atoms with Crippen LogP contribution in [0.3, 0.4) is 0 Å². The molecule has 47 heavy (non-hydrogen) atoms. The van der Waals surface area contributed by atoms with Gasteiger partial charge in [0.05, 0.1) is 11.3 Å². The minimum absolute atomic E-state index is 0. The molecule has 3 nitrogen and oxygen atoms in total. The van der Waals surface area contributed by atoms with Crippen molar-refractivity contribution in [2.24, 2.45) is 11.8 Å². The van der Waals surface area contributed by atoms with Crippen LogP contribution in [0, 0.1) is 31.7 Å². The van der Waals surface area contributed by atoms with E-state index in [1.165, 1.54) is 86.0 Å². The normalized spacial score (nSPS) is 16.3. The number of carbonyl (C=O) groups excluding carboxylic acids is 1.